The molecule has 1 heterocycles. The molecule has 4 heteroatoms. The molecular weight excluding hydrogens is 291 g/mol. The van der Waals surface area contributed by atoms with E-state index in [1.54, 1.807) is 0 Å². The van der Waals surface area contributed by atoms with Crippen molar-refractivity contribution < 1.29 is 4.74 Å². The number of benzene rings is 1. The molecule has 0 atom stereocenters. The van der Waals surface area contributed by atoms with Crippen LogP contribution in [0, 0.1) is 3.70 Å². The number of hydrogen-bond donors (Lipinski definition) is 1. The molecule has 1 N–H and O–H groups in total. The summed E-state index contributed by atoms with van der Waals surface area (Å²) in [6.07, 6.45) is 1.03. The second-order valence-electron chi connectivity index (χ2n) is 3.07. The summed E-state index contributed by atoms with van der Waals surface area (Å²) >= 11 is 2.23. The Labute approximate surface area is 96.0 Å². The molecule has 74 valence electrons. The molecule has 3 nitrogen and oxygen atoms in total. The number of aromatic nitrogens is 2. The molecule has 0 radical (unpaired) electrons. The van der Waals surface area contributed by atoms with Gasteiger partial charge in [-0.1, -0.05) is 6.92 Å². The van der Waals surface area contributed by atoms with Gasteiger partial charge in [-0.25, -0.2) is 0 Å². The maximum absolute atomic E-state index is 5.54. The van der Waals surface area contributed by atoms with E-state index in [4.69, 9.17) is 4.74 Å². The van der Waals surface area contributed by atoms with Gasteiger partial charge in [0.1, 0.15) is 9.45 Å². The van der Waals surface area contributed by atoms with Crippen LogP contribution in [0.5, 0.6) is 5.75 Å². The molecule has 0 aliphatic rings. The summed E-state index contributed by atoms with van der Waals surface area (Å²) < 4.78 is 6.60. The minimum absolute atomic E-state index is 0.764. The van der Waals surface area contributed by atoms with Gasteiger partial charge in [-0.05, 0) is 47.2 Å². The summed E-state index contributed by atoms with van der Waals surface area (Å²) in [4.78, 5) is 0. The number of hydrogen-bond acceptors (Lipinski definition) is 2. The lowest BCUT2D eigenvalue weighted by Crippen LogP contribution is -1.94. The van der Waals surface area contributed by atoms with E-state index in [0.29, 0.717) is 0 Å². The highest BCUT2D eigenvalue weighted by molar-refractivity contribution is 14.1. The molecule has 0 bridgehead atoms. The summed E-state index contributed by atoms with van der Waals surface area (Å²) in [7, 11) is 0. The lowest BCUT2D eigenvalue weighted by Gasteiger charge is -2.03. The van der Waals surface area contributed by atoms with Crippen molar-refractivity contribution >= 4 is 33.5 Å². The Hall–Kier alpha value is -0.780. The van der Waals surface area contributed by atoms with Crippen LogP contribution in [0.15, 0.2) is 18.2 Å². The number of aromatic amines is 1. The fraction of sp³-hybridized carbons (Fsp3) is 0.300. The van der Waals surface area contributed by atoms with Gasteiger partial charge in [0.15, 0.2) is 0 Å². The third-order valence-electron chi connectivity index (χ3n) is 1.95. The Kier molecular flexibility index (Phi) is 2.90. The molecule has 0 fully saturated rings. The molecule has 0 saturated carbocycles. The number of H-pyrrole nitrogens is 1. The quantitative estimate of drug-likeness (QED) is 0.885. The second kappa shape index (κ2) is 4.16. The fourth-order valence-electron chi connectivity index (χ4n) is 1.27. The first kappa shape index (κ1) is 9.76. The van der Waals surface area contributed by atoms with Gasteiger partial charge in [0.25, 0.3) is 0 Å². The number of rotatable bonds is 3. The standard InChI is InChI=1S/C10H11IN2O/c1-2-5-14-7-3-4-9-8(6-7)10(11)13-12-9/h3-4,6H,2,5H2,1H3,(H,12,13). The summed E-state index contributed by atoms with van der Waals surface area (Å²) in [5, 5.41) is 8.22. The lowest BCUT2D eigenvalue weighted by atomic mass is 10.2. The lowest BCUT2D eigenvalue weighted by molar-refractivity contribution is 0.318. The van der Waals surface area contributed by atoms with E-state index in [-0.39, 0.29) is 0 Å². The molecule has 0 unspecified atom stereocenters. The smallest absolute Gasteiger partial charge is 0.120 e. The maximum Gasteiger partial charge on any atom is 0.120 e. The van der Waals surface area contributed by atoms with Crippen LogP contribution in [0.2, 0.25) is 0 Å². The van der Waals surface area contributed by atoms with Crippen molar-refractivity contribution in [2.24, 2.45) is 0 Å². The largest absolute Gasteiger partial charge is 0.494 e. The van der Waals surface area contributed by atoms with Gasteiger partial charge in [-0.15, -0.1) is 0 Å². The Bertz CT molecular complexity index is 439. The van der Waals surface area contributed by atoms with Crippen LogP contribution in [0.25, 0.3) is 10.9 Å². The molecule has 0 saturated heterocycles. The van der Waals surface area contributed by atoms with Crippen molar-refractivity contribution in [3.63, 3.8) is 0 Å². The topological polar surface area (TPSA) is 37.9 Å². The fourth-order valence-corrected chi connectivity index (χ4v) is 1.82. The van der Waals surface area contributed by atoms with Gasteiger partial charge in [-0.3, -0.25) is 5.10 Å². The number of ether oxygens (including phenoxy) is 1. The molecule has 0 aliphatic heterocycles. The van der Waals surface area contributed by atoms with Gasteiger partial charge < -0.3 is 4.74 Å². The van der Waals surface area contributed by atoms with E-state index in [2.05, 4.69) is 39.7 Å². The molecule has 2 rings (SSSR count). The minimum atomic E-state index is 0.764. The van der Waals surface area contributed by atoms with Gasteiger partial charge in [0.2, 0.25) is 0 Å². The average molecular weight is 302 g/mol. The van der Waals surface area contributed by atoms with Crippen LogP contribution >= 0.6 is 22.6 Å². The van der Waals surface area contributed by atoms with Crippen LogP contribution in [-0.2, 0) is 0 Å². The normalized spacial score (nSPS) is 10.7. The van der Waals surface area contributed by atoms with Gasteiger partial charge >= 0.3 is 0 Å². The SMILES string of the molecule is CCCOc1ccc2n[nH]c(I)c2c1. The summed E-state index contributed by atoms with van der Waals surface area (Å²) in [5.74, 6) is 0.915. The first-order valence-corrected chi connectivity index (χ1v) is 5.65. The number of nitrogens with one attached hydrogen (secondary N) is 1. The highest BCUT2D eigenvalue weighted by atomic mass is 127. The summed E-state index contributed by atoms with van der Waals surface area (Å²) in [5.41, 5.74) is 0.984. The molecule has 14 heavy (non-hydrogen) atoms. The van der Waals surface area contributed by atoms with E-state index >= 15 is 0 Å². The molecular formula is C10H11IN2O. The predicted molar refractivity (Wildman–Crippen MR) is 64.6 cm³/mol. The zero-order chi connectivity index (χ0) is 9.97. The highest BCUT2D eigenvalue weighted by Gasteiger charge is 2.03. The van der Waals surface area contributed by atoms with Crippen LogP contribution in [-0.4, -0.2) is 16.8 Å². The average Bonchev–Trinajstić information content (AvgIpc) is 2.57. The van der Waals surface area contributed by atoms with Crippen molar-refractivity contribution in [1.29, 1.82) is 0 Å². The number of halogens is 1. The number of nitrogens with zero attached hydrogens (tertiary/aromatic N) is 1. The van der Waals surface area contributed by atoms with Gasteiger partial charge in [0, 0.05) is 5.39 Å². The molecule has 1 aromatic heterocycles. The number of fused-ring (bicyclic) bond motifs is 1. The zero-order valence-corrected chi connectivity index (χ0v) is 10.0. The maximum atomic E-state index is 5.54. The van der Waals surface area contributed by atoms with E-state index < -0.39 is 0 Å². The molecule has 0 aliphatic carbocycles. The predicted octanol–water partition coefficient (Wildman–Crippen LogP) is 2.96. The van der Waals surface area contributed by atoms with Crippen molar-refractivity contribution in [2.75, 3.05) is 6.61 Å². The van der Waals surface area contributed by atoms with E-state index in [0.717, 1.165) is 33.4 Å². The van der Waals surface area contributed by atoms with Crippen LogP contribution in [0.1, 0.15) is 13.3 Å². The Morgan fingerprint density at radius 3 is 3.14 bits per heavy atom. The van der Waals surface area contributed by atoms with E-state index in [9.17, 15) is 0 Å². The van der Waals surface area contributed by atoms with E-state index in [1.165, 1.54) is 0 Å². The first-order chi connectivity index (χ1) is 6.81. The van der Waals surface area contributed by atoms with Crippen molar-refractivity contribution in [1.82, 2.24) is 10.2 Å². The Balaban J connectivity index is 2.34. The van der Waals surface area contributed by atoms with Crippen LogP contribution in [0.4, 0.5) is 0 Å². The Morgan fingerprint density at radius 1 is 1.50 bits per heavy atom. The van der Waals surface area contributed by atoms with Crippen molar-refractivity contribution in [3.8, 4) is 5.75 Å². The van der Waals surface area contributed by atoms with Gasteiger partial charge in [0.05, 0.1) is 12.1 Å². The Morgan fingerprint density at radius 2 is 2.36 bits per heavy atom. The second-order valence-corrected chi connectivity index (χ2v) is 4.14. The third-order valence-corrected chi connectivity index (χ3v) is 2.77. The van der Waals surface area contributed by atoms with Crippen LogP contribution in [0.3, 0.4) is 0 Å². The molecule has 0 amide bonds. The molecule has 0 spiro atoms. The summed E-state index contributed by atoms with van der Waals surface area (Å²) in [6.45, 7) is 2.86. The molecule has 2 aromatic rings. The van der Waals surface area contributed by atoms with Crippen LogP contribution < -0.4 is 4.74 Å². The molecule has 1 aromatic carbocycles. The van der Waals surface area contributed by atoms with E-state index in [1.807, 2.05) is 18.2 Å². The zero-order valence-electron chi connectivity index (χ0n) is 7.88. The summed E-state index contributed by atoms with van der Waals surface area (Å²) in [6, 6.07) is 5.95. The van der Waals surface area contributed by atoms with Crippen molar-refractivity contribution in [3.05, 3.63) is 21.9 Å². The first-order valence-electron chi connectivity index (χ1n) is 4.57. The monoisotopic (exact) mass is 302 g/mol. The van der Waals surface area contributed by atoms with Crippen molar-refractivity contribution in [2.45, 2.75) is 13.3 Å². The minimum Gasteiger partial charge on any atom is -0.494 e. The third kappa shape index (κ3) is 1.84. The highest BCUT2D eigenvalue weighted by Crippen LogP contribution is 2.23. The van der Waals surface area contributed by atoms with Gasteiger partial charge in [-0.2, -0.15) is 5.10 Å².